The van der Waals surface area contributed by atoms with Gasteiger partial charge in [0.15, 0.2) is 0 Å². The van der Waals surface area contributed by atoms with Crippen LogP contribution in [0.1, 0.15) is 6.42 Å². The molecule has 0 radical (unpaired) electrons. The zero-order chi connectivity index (χ0) is 9.90. The third-order valence-electron chi connectivity index (χ3n) is 2.11. The van der Waals surface area contributed by atoms with Crippen LogP contribution < -0.4 is 0 Å². The Morgan fingerprint density at radius 2 is 1.85 bits per heavy atom. The molecule has 13 heavy (non-hydrogen) atoms. The topological polar surface area (TPSA) is 81.0 Å². The molecule has 0 saturated carbocycles. The van der Waals surface area contributed by atoms with Gasteiger partial charge in [-0.05, 0) is 0 Å². The van der Waals surface area contributed by atoms with Crippen molar-refractivity contribution in [2.24, 2.45) is 0 Å². The highest BCUT2D eigenvalue weighted by atomic mass is 32.3. The molecule has 0 atom stereocenters. The predicted molar refractivity (Wildman–Crippen MR) is 51.3 cm³/mol. The SMILES string of the molecule is O=C(O)CCN1CCS(O)(O)CC1. The zero-order valence-corrected chi connectivity index (χ0v) is 8.16. The average molecular weight is 209 g/mol. The summed E-state index contributed by atoms with van der Waals surface area (Å²) < 4.78 is 18.5. The second-order valence-electron chi connectivity index (χ2n) is 3.20. The predicted octanol–water partition coefficient (Wildman–Crippen LogP) is 0.527. The molecular formula is C7H15NO4S. The van der Waals surface area contributed by atoms with Crippen molar-refractivity contribution in [3.63, 3.8) is 0 Å². The van der Waals surface area contributed by atoms with E-state index in [9.17, 15) is 13.9 Å². The molecule has 78 valence electrons. The summed E-state index contributed by atoms with van der Waals surface area (Å²) in [6.45, 7) is 1.69. The number of carboxylic acids is 1. The van der Waals surface area contributed by atoms with Crippen LogP contribution in [0.2, 0.25) is 0 Å². The summed E-state index contributed by atoms with van der Waals surface area (Å²) in [6, 6.07) is 0. The fourth-order valence-corrected chi connectivity index (χ4v) is 2.55. The lowest BCUT2D eigenvalue weighted by atomic mass is 10.4. The molecule has 1 fully saturated rings. The van der Waals surface area contributed by atoms with Gasteiger partial charge in [-0.2, -0.15) is 10.6 Å². The lowest BCUT2D eigenvalue weighted by Crippen LogP contribution is -2.39. The van der Waals surface area contributed by atoms with Crippen LogP contribution in [0.4, 0.5) is 0 Å². The minimum absolute atomic E-state index is 0.124. The van der Waals surface area contributed by atoms with Crippen LogP contribution in [-0.2, 0) is 4.79 Å². The van der Waals surface area contributed by atoms with Gasteiger partial charge in [0.1, 0.15) is 0 Å². The quantitative estimate of drug-likeness (QED) is 0.631. The van der Waals surface area contributed by atoms with Crippen molar-refractivity contribution in [2.45, 2.75) is 6.42 Å². The Bertz CT molecular complexity index is 187. The first-order chi connectivity index (χ1) is 5.99. The molecule has 5 nitrogen and oxygen atoms in total. The van der Waals surface area contributed by atoms with Gasteiger partial charge in [-0.25, -0.2) is 0 Å². The normalized spacial score (nSPS) is 25.4. The maximum atomic E-state index is 10.2. The summed E-state index contributed by atoms with van der Waals surface area (Å²) in [4.78, 5) is 12.2. The molecule has 0 aliphatic carbocycles. The molecule has 0 aromatic rings. The van der Waals surface area contributed by atoms with Crippen molar-refractivity contribution in [2.75, 3.05) is 31.1 Å². The molecule has 0 aromatic carbocycles. The minimum atomic E-state index is -2.34. The molecular weight excluding hydrogens is 194 g/mol. The highest BCUT2D eigenvalue weighted by molar-refractivity contribution is 8.24. The van der Waals surface area contributed by atoms with E-state index in [0.29, 0.717) is 31.1 Å². The smallest absolute Gasteiger partial charge is 0.304 e. The Labute approximate surface area is 78.7 Å². The van der Waals surface area contributed by atoms with Crippen LogP contribution in [0.25, 0.3) is 0 Å². The number of hydrogen-bond acceptors (Lipinski definition) is 4. The van der Waals surface area contributed by atoms with Crippen molar-refractivity contribution in [1.29, 1.82) is 0 Å². The van der Waals surface area contributed by atoms with Crippen molar-refractivity contribution in [1.82, 2.24) is 4.90 Å². The zero-order valence-electron chi connectivity index (χ0n) is 7.35. The van der Waals surface area contributed by atoms with E-state index in [2.05, 4.69) is 0 Å². The van der Waals surface area contributed by atoms with Gasteiger partial charge >= 0.3 is 5.97 Å². The van der Waals surface area contributed by atoms with Gasteiger partial charge in [0, 0.05) is 19.6 Å². The van der Waals surface area contributed by atoms with E-state index in [1.165, 1.54) is 0 Å². The molecule has 0 spiro atoms. The second-order valence-corrected chi connectivity index (χ2v) is 5.62. The number of aliphatic carboxylic acids is 1. The summed E-state index contributed by atoms with van der Waals surface area (Å²) in [5, 5.41) is 8.43. The first-order valence-corrected chi connectivity index (χ1v) is 6.06. The molecule has 1 heterocycles. The van der Waals surface area contributed by atoms with Gasteiger partial charge in [-0.3, -0.25) is 18.8 Å². The molecule has 0 unspecified atom stereocenters. The van der Waals surface area contributed by atoms with Gasteiger partial charge in [-0.15, -0.1) is 0 Å². The Morgan fingerprint density at radius 1 is 1.31 bits per heavy atom. The molecule has 1 aliphatic heterocycles. The fourth-order valence-electron chi connectivity index (χ4n) is 1.24. The Balaban J connectivity index is 2.21. The molecule has 1 aliphatic rings. The molecule has 6 heteroatoms. The van der Waals surface area contributed by atoms with Crippen LogP contribution in [0.5, 0.6) is 0 Å². The van der Waals surface area contributed by atoms with Gasteiger partial charge in [0.05, 0.1) is 17.9 Å². The molecule has 1 rings (SSSR count). The van der Waals surface area contributed by atoms with E-state index in [4.69, 9.17) is 5.11 Å². The molecule has 0 bridgehead atoms. The minimum Gasteiger partial charge on any atom is -0.481 e. The standard InChI is InChI=1S/C7H15NO4S/c9-7(10)1-2-8-3-5-13(11,12)6-4-8/h11-12H,1-6H2,(H,9,10). The first kappa shape index (κ1) is 10.8. The summed E-state index contributed by atoms with van der Waals surface area (Å²) in [5.74, 6) is -0.0450. The summed E-state index contributed by atoms with van der Waals surface area (Å²) in [6.07, 6.45) is 0.124. The van der Waals surface area contributed by atoms with Crippen LogP contribution in [0, 0.1) is 0 Å². The molecule has 0 amide bonds. The number of nitrogens with zero attached hydrogens (tertiary/aromatic N) is 1. The monoisotopic (exact) mass is 209 g/mol. The van der Waals surface area contributed by atoms with E-state index >= 15 is 0 Å². The summed E-state index contributed by atoms with van der Waals surface area (Å²) in [5.41, 5.74) is 0. The van der Waals surface area contributed by atoms with Crippen molar-refractivity contribution < 1.29 is 19.0 Å². The molecule has 0 aromatic heterocycles. The van der Waals surface area contributed by atoms with Crippen molar-refractivity contribution >= 4 is 16.6 Å². The van der Waals surface area contributed by atoms with E-state index < -0.39 is 16.6 Å². The lowest BCUT2D eigenvalue weighted by molar-refractivity contribution is -0.137. The fraction of sp³-hybridized carbons (Fsp3) is 0.857. The lowest BCUT2D eigenvalue weighted by Gasteiger charge is -2.40. The van der Waals surface area contributed by atoms with Gasteiger partial charge in [0.25, 0.3) is 0 Å². The highest BCUT2D eigenvalue weighted by Crippen LogP contribution is 2.40. The average Bonchev–Trinajstić information content (AvgIpc) is 2.02. The summed E-state index contributed by atoms with van der Waals surface area (Å²) in [7, 11) is -2.34. The van der Waals surface area contributed by atoms with Gasteiger partial charge in [-0.1, -0.05) is 0 Å². The van der Waals surface area contributed by atoms with Crippen LogP contribution >= 0.6 is 10.6 Å². The Kier molecular flexibility index (Phi) is 3.55. The van der Waals surface area contributed by atoms with Gasteiger partial charge < -0.3 is 5.11 Å². The summed E-state index contributed by atoms with van der Waals surface area (Å²) >= 11 is 0. The Morgan fingerprint density at radius 3 is 2.31 bits per heavy atom. The number of hydrogen-bond donors (Lipinski definition) is 3. The van der Waals surface area contributed by atoms with Crippen molar-refractivity contribution in [3.8, 4) is 0 Å². The maximum absolute atomic E-state index is 10.2. The highest BCUT2D eigenvalue weighted by Gasteiger charge is 2.21. The van der Waals surface area contributed by atoms with E-state index in [-0.39, 0.29) is 6.42 Å². The van der Waals surface area contributed by atoms with E-state index in [1.807, 2.05) is 4.90 Å². The Hall–Kier alpha value is -0.300. The van der Waals surface area contributed by atoms with E-state index in [0.717, 1.165) is 0 Å². The number of carbonyl (C=O) groups is 1. The third-order valence-corrected chi connectivity index (χ3v) is 3.78. The second kappa shape index (κ2) is 4.28. The van der Waals surface area contributed by atoms with Crippen molar-refractivity contribution in [3.05, 3.63) is 0 Å². The van der Waals surface area contributed by atoms with E-state index in [1.54, 1.807) is 0 Å². The van der Waals surface area contributed by atoms with Gasteiger partial charge in [0.2, 0.25) is 0 Å². The molecule has 3 N–H and O–H groups in total. The van der Waals surface area contributed by atoms with Crippen LogP contribution in [0.3, 0.4) is 0 Å². The largest absolute Gasteiger partial charge is 0.481 e. The number of rotatable bonds is 3. The van der Waals surface area contributed by atoms with Crippen LogP contribution in [0.15, 0.2) is 0 Å². The third kappa shape index (κ3) is 3.95. The maximum Gasteiger partial charge on any atom is 0.304 e. The first-order valence-electron chi connectivity index (χ1n) is 4.17. The molecule has 1 saturated heterocycles. The number of carboxylic acid groups (broad SMARTS) is 1. The van der Waals surface area contributed by atoms with Crippen LogP contribution in [-0.4, -0.2) is 56.2 Å².